The lowest BCUT2D eigenvalue weighted by molar-refractivity contribution is 0.0934. The predicted molar refractivity (Wildman–Crippen MR) is 130 cm³/mol. The first-order valence-corrected chi connectivity index (χ1v) is 12.7. The molecule has 3 aromatic carbocycles. The minimum absolute atomic E-state index is 0.0652. The number of thioether (sulfide) groups is 1. The van der Waals surface area contributed by atoms with Crippen molar-refractivity contribution < 1.29 is 13.2 Å². The Bertz CT molecular complexity index is 1230. The number of hydrogen-bond donors (Lipinski definition) is 1. The molecular weight excluding hydrogens is 440 g/mol. The number of amides is 1. The standard InChI is InChI=1S/C25H24N2O3S2/c1-2-16-27(20-10-4-3-5-11-20)32(29,30)21-12-8-9-19(18-21)25(28)26-23-15-17-31-24-14-7-6-13-22(23)24/h2-14,18,23H,1,15-17H2,(H,26,28). The number of benzene rings is 3. The number of para-hydroxylation sites is 1. The third kappa shape index (κ3) is 4.59. The number of nitrogens with zero attached hydrogens (tertiary/aromatic N) is 1. The Morgan fingerprint density at radius 3 is 2.59 bits per heavy atom. The summed E-state index contributed by atoms with van der Waals surface area (Å²) in [4.78, 5) is 14.3. The molecule has 1 aliphatic heterocycles. The van der Waals surface area contributed by atoms with Gasteiger partial charge in [0.05, 0.1) is 23.2 Å². The van der Waals surface area contributed by atoms with Gasteiger partial charge in [0.1, 0.15) is 0 Å². The number of carbonyl (C=O) groups is 1. The fraction of sp³-hybridized carbons (Fsp3) is 0.160. The van der Waals surface area contributed by atoms with Crippen molar-refractivity contribution in [3.8, 4) is 0 Å². The molecule has 4 rings (SSSR count). The highest BCUT2D eigenvalue weighted by molar-refractivity contribution is 7.99. The van der Waals surface area contributed by atoms with Gasteiger partial charge in [-0.1, -0.05) is 48.5 Å². The monoisotopic (exact) mass is 464 g/mol. The van der Waals surface area contributed by atoms with Crippen molar-refractivity contribution >= 4 is 33.4 Å². The molecular formula is C25H24N2O3S2. The summed E-state index contributed by atoms with van der Waals surface area (Å²) in [5, 5.41) is 3.08. The first-order valence-electron chi connectivity index (χ1n) is 10.3. The molecule has 0 saturated carbocycles. The molecule has 7 heteroatoms. The number of hydrogen-bond acceptors (Lipinski definition) is 4. The van der Waals surface area contributed by atoms with E-state index in [-0.39, 0.29) is 23.4 Å². The van der Waals surface area contributed by atoms with Crippen LogP contribution in [0.5, 0.6) is 0 Å². The van der Waals surface area contributed by atoms with Crippen LogP contribution >= 0.6 is 11.8 Å². The van der Waals surface area contributed by atoms with Gasteiger partial charge in [-0.2, -0.15) is 0 Å². The molecule has 1 heterocycles. The van der Waals surface area contributed by atoms with Gasteiger partial charge in [0.2, 0.25) is 0 Å². The molecule has 0 fully saturated rings. The van der Waals surface area contributed by atoms with E-state index in [9.17, 15) is 13.2 Å². The Balaban J connectivity index is 1.60. The average molecular weight is 465 g/mol. The van der Waals surface area contributed by atoms with Crippen molar-refractivity contribution in [2.24, 2.45) is 0 Å². The van der Waals surface area contributed by atoms with Crippen molar-refractivity contribution in [3.05, 3.63) is 103 Å². The van der Waals surface area contributed by atoms with Crippen LogP contribution in [-0.2, 0) is 10.0 Å². The lowest BCUT2D eigenvalue weighted by atomic mass is 10.0. The Morgan fingerprint density at radius 1 is 1.06 bits per heavy atom. The maximum Gasteiger partial charge on any atom is 0.264 e. The van der Waals surface area contributed by atoms with E-state index in [1.807, 2.05) is 24.3 Å². The first-order chi connectivity index (χ1) is 15.5. The largest absolute Gasteiger partial charge is 0.345 e. The van der Waals surface area contributed by atoms with Crippen LogP contribution in [0.1, 0.15) is 28.4 Å². The molecule has 164 valence electrons. The van der Waals surface area contributed by atoms with Gasteiger partial charge in [-0.15, -0.1) is 18.3 Å². The van der Waals surface area contributed by atoms with E-state index < -0.39 is 10.0 Å². The van der Waals surface area contributed by atoms with Crippen LogP contribution in [0, 0.1) is 0 Å². The highest BCUT2D eigenvalue weighted by atomic mass is 32.2. The minimum Gasteiger partial charge on any atom is -0.345 e. The van der Waals surface area contributed by atoms with Gasteiger partial charge in [-0.25, -0.2) is 8.42 Å². The maximum atomic E-state index is 13.4. The SMILES string of the molecule is C=CCN(c1ccccc1)S(=O)(=O)c1cccc(C(=O)NC2CCSc3ccccc32)c1. The number of carbonyl (C=O) groups excluding carboxylic acids is 1. The molecule has 0 radical (unpaired) electrons. The molecule has 1 N–H and O–H groups in total. The summed E-state index contributed by atoms with van der Waals surface area (Å²) in [5.41, 5.74) is 1.95. The van der Waals surface area contributed by atoms with Crippen molar-refractivity contribution in [3.63, 3.8) is 0 Å². The number of nitrogens with one attached hydrogen (secondary N) is 1. The molecule has 1 aliphatic rings. The second-order valence-electron chi connectivity index (χ2n) is 7.39. The highest BCUT2D eigenvalue weighted by Crippen LogP contribution is 2.36. The average Bonchev–Trinajstić information content (AvgIpc) is 2.83. The highest BCUT2D eigenvalue weighted by Gasteiger charge is 2.26. The zero-order valence-electron chi connectivity index (χ0n) is 17.5. The van der Waals surface area contributed by atoms with E-state index in [0.717, 1.165) is 17.7 Å². The van der Waals surface area contributed by atoms with Crippen molar-refractivity contribution in [2.75, 3.05) is 16.6 Å². The lowest BCUT2D eigenvalue weighted by Crippen LogP contribution is -2.32. The quantitative estimate of drug-likeness (QED) is 0.498. The molecule has 0 spiro atoms. The number of rotatable bonds is 7. The second-order valence-corrected chi connectivity index (χ2v) is 10.4. The molecule has 1 atom stereocenters. The van der Waals surface area contributed by atoms with E-state index in [2.05, 4.69) is 18.0 Å². The molecule has 0 saturated heterocycles. The summed E-state index contributed by atoms with van der Waals surface area (Å²) < 4.78 is 28.1. The normalized spacial score (nSPS) is 15.4. The van der Waals surface area contributed by atoms with Crippen LogP contribution in [0.25, 0.3) is 0 Å². The fourth-order valence-corrected chi connectivity index (χ4v) is 6.32. The molecule has 1 amide bonds. The molecule has 3 aromatic rings. The third-order valence-electron chi connectivity index (χ3n) is 5.29. The van der Waals surface area contributed by atoms with Gasteiger partial charge in [0.25, 0.3) is 15.9 Å². The zero-order valence-corrected chi connectivity index (χ0v) is 19.1. The molecule has 1 unspecified atom stereocenters. The molecule has 0 aliphatic carbocycles. The van der Waals surface area contributed by atoms with Crippen LogP contribution in [-0.4, -0.2) is 26.6 Å². The number of sulfonamides is 1. The second kappa shape index (κ2) is 9.63. The zero-order chi connectivity index (χ0) is 22.6. The predicted octanol–water partition coefficient (Wildman–Crippen LogP) is 5.03. The summed E-state index contributed by atoms with van der Waals surface area (Å²) in [6, 6.07) is 23.0. The Morgan fingerprint density at radius 2 is 1.81 bits per heavy atom. The summed E-state index contributed by atoms with van der Waals surface area (Å²) in [5.74, 6) is 0.632. The van der Waals surface area contributed by atoms with Gasteiger partial charge in [0, 0.05) is 16.2 Å². The maximum absolute atomic E-state index is 13.4. The third-order valence-corrected chi connectivity index (χ3v) is 8.20. The van der Waals surface area contributed by atoms with E-state index in [0.29, 0.717) is 11.3 Å². The number of fused-ring (bicyclic) bond motifs is 1. The van der Waals surface area contributed by atoms with Crippen LogP contribution in [0.15, 0.2) is 101 Å². The fourth-order valence-electron chi connectivity index (χ4n) is 3.71. The summed E-state index contributed by atoms with van der Waals surface area (Å²) in [6.07, 6.45) is 2.37. The van der Waals surface area contributed by atoms with Crippen LogP contribution in [0.2, 0.25) is 0 Å². The summed E-state index contributed by atoms with van der Waals surface area (Å²) in [7, 11) is -3.88. The molecule has 0 aromatic heterocycles. The van der Waals surface area contributed by atoms with Crippen LogP contribution in [0.3, 0.4) is 0 Å². The number of anilines is 1. The van der Waals surface area contributed by atoms with E-state index in [4.69, 9.17) is 0 Å². The molecule has 0 bridgehead atoms. The van der Waals surface area contributed by atoms with E-state index >= 15 is 0 Å². The summed E-state index contributed by atoms with van der Waals surface area (Å²) >= 11 is 1.78. The minimum atomic E-state index is -3.88. The topological polar surface area (TPSA) is 66.5 Å². The van der Waals surface area contributed by atoms with Gasteiger partial charge < -0.3 is 5.32 Å². The Kier molecular flexibility index (Phi) is 6.67. The molecule has 32 heavy (non-hydrogen) atoms. The van der Waals surface area contributed by atoms with Crippen molar-refractivity contribution in [1.82, 2.24) is 5.32 Å². The molecule has 5 nitrogen and oxygen atoms in total. The lowest BCUT2D eigenvalue weighted by Gasteiger charge is -2.26. The van der Waals surface area contributed by atoms with Gasteiger partial charge in [-0.05, 0) is 48.4 Å². The van der Waals surface area contributed by atoms with Crippen LogP contribution < -0.4 is 9.62 Å². The Hall–Kier alpha value is -3.03. The van der Waals surface area contributed by atoms with Gasteiger partial charge >= 0.3 is 0 Å². The first kappa shape index (κ1) is 22.2. The van der Waals surface area contributed by atoms with E-state index in [1.54, 1.807) is 54.2 Å². The Labute approximate surface area is 193 Å². The van der Waals surface area contributed by atoms with Crippen LogP contribution in [0.4, 0.5) is 5.69 Å². The van der Waals surface area contributed by atoms with Gasteiger partial charge in [0.15, 0.2) is 0 Å². The van der Waals surface area contributed by atoms with Crippen molar-refractivity contribution in [1.29, 1.82) is 0 Å². The van der Waals surface area contributed by atoms with Crippen molar-refractivity contribution in [2.45, 2.75) is 22.3 Å². The summed E-state index contributed by atoms with van der Waals surface area (Å²) in [6.45, 7) is 3.81. The smallest absolute Gasteiger partial charge is 0.264 e. The van der Waals surface area contributed by atoms with Gasteiger partial charge in [-0.3, -0.25) is 9.10 Å². The van der Waals surface area contributed by atoms with E-state index in [1.165, 1.54) is 21.3 Å².